The summed E-state index contributed by atoms with van der Waals surface area (Å²) in [6.45, 7) is 0.715. The highest BCUT2D eigenvalue weighted by Crippen LogP contribution is 2.41. The zero-order valence-corrected chi connectivity index (χ0v) is 20.2. The number of nitrogens with zero attached hydrogens (tertiary/aromatic N) is 1. The summed E-state index contributed by atoms with van der Waals surface area (Å²) in [5, 5.41) is 0. The molecule has 1 unspecified atom stereocenters. The number of rotatable bonds is 8. The van der Waals surface area contributed by atoms with Crippen LogP contribution in [0.15, 0.2) is 41.3 Å². The van der Waals surface area contributed by atoms with Crippen molar-refractivity contribution in [3.63, 3.8) is 0 Å². The lowest BCUT2D eigenvalue weighted by Gasteiger charge is -2.34. The van der Waals surface area contributed by atoms with E-state index < -0.39 is 40.3 Å². The van der Waals surface area contributed by atoms with Gasteiger partial charge in [0.1, 0.15) is 5.82 Å². The number of hydrogen-bond acceptors (Lipinski definition) is 5. The Morgan fingerprint density at radius 3 is 2.56 bits per heavy atom. The van der Waals surface area contributed by atoms with Crippen molar-refractivity contribution in [3.05, 3.63) is 63.7 Å². The summed E-state index contributed by atoms with van der Waals surface area (Å²) < 4.78 is 85.4. The lowest BCUT2D eigenvalue weighted by Crippen LogP contribution is -2.42. The number of anilines is 1. The number of H-pyrrole nitrogens is 1. The van der Waals surface area contributed by atoms with Crippen LogP contribution < -0.4 is 15.1 Å². The third-order valence-corrected chi connectivity index (χ3v) is 7.60. The average Bonchev–Trinajstić information content (AvgIpc) is 3.25. The van der Waals surface area contributed by atoms with Gasteiger partial charge in [0.05, 0.1) is 24.3 Å². The number of ether oxygens (including phenoxy) is 1. The van der Waals surface area contributed by atoms with Crippen molar-refractivity contribution in [1.29, 1.82) is 0 Å². The van der Waals surface area contributed by atoms with Gasteiger partial charge in [0, 0.05) is 36.6 Å². The Morgan fingerprint density at radius 2 is 1.86 bits per heavy atom. The Kier molecular flexibility index (Phi) is 8.48. The summed E-state index contributed by atoms with van der Waals surface area (Å²) in [5.41, 5.74) is -1.03. The third kappa shape index (κ3) is 6.16. The number of aromatic amines is 1. The van der Waals surface area contributed by atoms with Crippen LogP contribution in [-0.2, 0) is 22.2 Å². The fourth-order valence-corrected chi connectivity index (χ4v) is 5.73. The van der Waals surface area contributed by atoms with Crippen LogP contribution in [-0.4, -0.2) is 45.6 Å². The summed E-state index contributed by atoms with van der Waals surface area (Å²) in [4.78, 5) is 16.3. The molecule has 1 aliphatic heterocycles. The summed E-state index contributed by atoms with van der Waals surface area (Å²) >= 11 is -2.45. The smallest absolute Gasteiger partial charge is 0.416 e. The molecule has 1 saturated carbocycles. The SMILES string of the molecule is O=c1cc[nH]c(N2CC[C@@H](CNS(=O)[O-])[C@@H]2COC2CCC(c3ccccc3C(F)(F)F)CC2)c1F. The molecule has 0 radical (unpaired) electrons. The number of nitrogens with one attached hydrogen (secondary N) is 2. The largest absolute Gasteiger partial charge is 0.760 e. The fourth-order valence-electron chi connectivity index (χ4n) is 5.38. The second-order valence-corrected chi connectivity index (χ2v) is 10.0. The molecule has 36 heavy (non-hydrogen) atoms. The fraction of sp³-hybridized carbons (Fsp3) is 0.542. The normalized spacial score (nSPS) is 25.8. The first-order chi connectivity index (χ1) is 17.1. The minimum absolute atomic E-state index is 0.0364. The quantitative estimate of drug-likeness (QED) is 0.399. The van der Waals surface area contributed by atoms with E-state index >= 15 is 0 Å². The van der Waals surface area contributed by atoms with Crippen LogP contribution in [0.5, 0.6) is 0 Å². The predicted octanol–water partition coefficient (Wildman–Crippen LogP) is 3.85. The van der Waals surface area contributed by atoms with E-state index in [4.69, 9.17) is 4.74 Å². The Hall–Kier alpha value is -2.28. The molecule has 3 atom stereocenters. The first-order valence-corrected chi connectivity index (χ1v) is 13.0. The molecule has 0 spiro atoms. The molecule has 2 aliphatic rings. The first kappa shape index (κ1) is 26.8. The van der Waals surface area contributed by atoms with E-state index in [1.165, 1.54) is 18.3 Å². The van der Waals surface area contributed by atoms with Crippen LogP contribution >= 0.6 is 0 Å². The molecule has 1 saturated heterocycles. The van der Waals surface area contributed by atoms with E-state index in [9.17, 15) is 31.1 Å². The first-order valence-electron chi connectivity index (χ1n) is 11.9. The van der Waals surface area contributed by atoms with Crippen LogP contribution in [0.3, 0.4) is 0 Å². The summed E-state index contributed by atoms with van der Waals surface area (Å²) in [5.74, 6) is -1.26. The van der Waals surface area contributed by atoms with Crippen molar-refractivity contribution in [2.45, 2.75) is 56.3 Å². The van der Waals surface area contributed by atoms with Gasteiger partial charge in [-0.25, -0.2) is 4.72 Å². The highest BCUT2D eigenvalue weighted by atomic mass is 32.2. The second-order valence-electron chi connectivity index (χ2n) is 9.29. The van der Waals surface area contributed by atoms with Gasteiger partial charge in [0.25, 0.3) is 0 Å². The van der Waals surface area contributed by atoms with Gasteiger partial charge in [-0.15, -0.1) is 0 Å². The van der Waals surface area contributed by atoms with Crippen LogP contribution in [0.4, 0.5) is 23.4 Å². The molecule has 2 aromatic rings. The topological polar surface area (TPSA) is 97.5 Å². The van der Waals surface area contributed by atoms with Crippen LogP contribution in [0, 0.1) is 11.7 Å². The van der Waals surface area contributed by atoms with Gasteiger partial charge < -0.3 is 19.2 Å². The number of pyridine rings is 1. The highest BCUT2D eigenvalue weighted by molar-refractivity contribution is 7.77. The van der Waals surface area contributed by atoms with Crippen LogP contribution in [0.1, 0.15) is 49.1 Å². The Morgan fingerprint density at radius 1 is 1.14 bits per heavy atom. The van der Waals surface area contributed by atoms with Gasteiger partial charge in [-0.2, -0.15) is 17.6 Å². The van der Waals surface area contributed by atoms with Gasteiger partial charge in [0.15, 0.2) is 0 Å². The number of halogens is 4. The lowest BCUT2D eigenvalue weighted by molar-refractivity contribution is -0.138. The van der Waals surface area contributed by atoms with Crippen LogP contribution in [0.2, 0.25) is 0 Å². The number of alkyl halides is 3. The molecule has 1 aromatic carbocycles. The van der Waals surface area contributed by atoms with Crippen molar-refractivity contribution in [2.24, 2.45) is 5.92 Å². The third-order valence-electron chi connectivity index (χ3n) is 7.20. The molecule has 1 aliphatic carbocycles. The molecule has 198 valence electrons. The lowest BCUT2D eigenvalue weighted by atomic mass is 9.81. The van der Waals surface area contributed by atoms with E-state index in [1.807, 2.05) is 0 Å². The molecule has 0 bridgehead atoms. The van der Waals surface area contributed by atoms with Crippen molar-refractivity contribution in [2.75, 3.05) is 24.6 Å². The molecule has 2 N–H and O–H groups in total. The van der Waals surface area contributed by atoms with Gasteiger partial charge in [-0.3, -0.25) is 9.00 Å². The zero-order chi connectivity index (χ0) is 25.9. The molecule has 1 aromatic heterocycles. The van der Waals surface area contributed by atoms with E-state index in [0.717, 1.165) is 12.1 Å². The van der Waals surface area contributed by atoms with E-state index in [1.54, 1.807) is 11.0 Å². The molecule has 0 amide bonds. The van der Waals surface area contributed by atoms with Crippen molar-refractivity contribution in [1.82, 2.24) is 9.71 Å². The molecule has 2 fully saturated rings. The van der Waals surface area contributed by atoms with Gasteiger partial charge in [0.2, 0.25) is 11.2 Å². The number of hydrogen-bond donors (Lipinski definition) is 2. The summed E-state index contributed by atoms with van der Waals surface area (Å²) in [6, 6.07) is 6.37. The summed E-state index contributed by atoms with van der Waals surface area (Å²) in [7, 11) is 0. The molecular weight excluding hydrogens is 502 g/mol. The average molecular weight is 531 g/mol. The molecule has 7 nitrogen and oxygen atoms in total. The molecule has 4 rings (SSSR count). The number of benzene rings is 1. The van der Waals surface area contributed by atoms with E-state index in [-0.39, 0.29) is 36.9 Å². The monoisotopic (exact) mass is 530 g/mol. The van der Waals surface area contributed by atoms with Crippen LogP contribution in [0.25, 0.3) is 0 Å². The van der Waals surface area contributed by atoms with Crippen molar-refractivity contribution in [3.8, 4) is 0 Å². The van der Waals surface area contributed by atoms with E-state index in [2.05, 4.69) is 9.71 Å². The molecular formula is C24H28F4N3O4S-. The van der Waals surface area contributed by atoms with Gasteiger partial charge in [-0.05, 0) is 55.6 Å². The Bertz CT molecular complexity index is 1120. The van der Waals surface area contributed by atoms with Gasteiger partial charge >= 0.3 is 6.18 Å². The molecule has 12 heteroatoms. The predicted molar refractivity (Wildman–Crippen MR) is 126 cm³/mol. The van der Waals surface area contributed by atoms with Crippen molar-refractivity contribution < 1.29 is 31.1 Å². The zero-order valence-electron chi connectivity index (χ0n) is 19.4. The number of aromatic nitrogens is 1. The standard InChI is InChI=1S/C24H29F4N3O4S/c25-22-21(32)9-11-29-23(22)31-12-10-16(13-30-36(33)34)20(31)14-35-17-7-5-15(6-8-17)18-3-1-2-4-19(18)24(26,27)28/h1-4,9,11,15-17,20,30H,5-8,10,12-14H2,(H,29,32)(H,33,34)/p-1/t15?,16-,17?,20-/m0/s1. The molecule has 2 heterocycles. The Labute approximate surface area is 208 Å². The minimum atomic E-state index is -4.40. The maximum absolute atomic E-state index is 14.6. The van der Waals surface area contributed by atoms with Crippen molar-refractivity contribution >= 4 is 17.1 Å². The van der Waals surface area contributed by atoms with Gasteiger partial charge in [-0.1, -0.05) is 18.2 Å². The summed E-state index contributed by atoms with van der Waals surface area (Å²) in [6.07, 6.45) is -0.405. The second kappa shape index (κ2) is 11.4. The highest BCUT2D eigenvalue weighted by Gasteiger charge is 2.38. The Balaban J connectivity index is 1.41. The van der Waals surface area contributed by atoms with E-state index in [0.29, 0.717) is 44.2 Å². The maximum atomic E-state index is 14.6. The minimum Gasteiger partial charge on any atom is -0.760 e. The maximum Gasteiger partial charge on any atom is 0.416 e.